The molecule has 10 heteroatoms. The van der Waals surface area contributed by atoms with Crippen LogP contribution in [0.25, 0.3) is 11.5 Å². The van der Waals surface area contributed by atoms with E-state index in [1.807, 2.05) is 0 Å². The zero-order valence-corrected chi connectivity index (χ0v) is 19.0. The van der Waals surface area contributed by atoms with Crippen LogP contribution in [0.4, 0.5) is 11.4 Å². The summed E-state index contributed by atoms with van der Waals surface area (Å²) < 4.78 is 24.9. The maximum absolute atomic E-state index is 13.2. The van der Waals surface area contributed by atoms with Gasteiger partial charge in [-0.15, -0.1) is 5.10 Å². The number of carbonyl (C=O) groups is 2. The van der Waals surface area contributed by atoms with E-state index in [-0.39, 0.29) is 6.10 Å². The third kappa shape index (κ3) is 4.91. The van der Waals surface area contributed by atoms with Crippen molar-refractivity contribution >= 4 is 40.3 Å². The van der Waals surface area contributed by atoms with Gasteiger partial charge in [-0.05, 0) is 57.2 Å². The minimum absolute atomic E-state index is 0.266. The monoisotopic (exact) mass is 466 g/mol. The Morgan fingerprint density at radius 2 is 2.00 bits per heavy atom. The van der Waals surface area contributed by atoms with E-state index < -0.39 is 28.5 Å². The van der Waals surface area contributed by atoms with Crippen molar-refractivity contribution in [3.8, 4) is 11.5 Å². The van der Waals surface area contributed by atoms with Crippen LogP contribution < -0.4 is 9.73 Å². The van der Waals surface area contributed by atoms with Crippen molar-refractivity contribution in [1.82, 2.24) is 4.98 Å². The largest absolute Gasteiger partial charge is 0.590 e. The molecule has 1 aromatic heterocycles. The van der Waals surface area contributed by atoms with Crippen LogP contribution in [0.2, 0.25) is 0 Å². The second kappa shape index (κ2) is 9.47. The first-order valence-electron chi connectivity index (χ1n) is 10.2. The third-order valence-corrected chi connectivity index (χ3v) is 6.28. The van der Waals surface area contributed by atoms with Crippen molar-refractivity contribution in [2.45, 2.75) is 32.1 Å². The quantitative estimate of drug-likeness (QED) is 0.434. The van der Waals surface area contributed by atoms with Gasteiger partial charge in [0, 0.05) is 11.3 Å². The Morgan fingerprint density at radius 1 is 1.21 bits per heavy atom. The van der Waals surface area contributed by atoms with Gasteiger partial charge in [0.15, 0.2) is 0 Å². The van der Waals surface area contributed by atoms with Crippen LogP contribution in [0.1, 0.15) is 31.1 Å². The highest BCUT2D eigenvalue weighted by Gasteiger charge is 2.45. The predicted octanol–water partition coefficient (Wildman–Crippen LogP) is 3.77. The van der Waals surface area contributed by atoms with Crippen LogP contribution >= 0.6 is 0 Å². The normalized spacial score (nSPS) is 17.7. The average molecular weight is 467 g/mol. The Hall–Kier alpha value is -3.63. The summed E-state index contributed by atoms with van der Waals surface area (Å²) in [4.78, 5) is 29.3. The lowest BCUT2D eigenvalue weighted by molar-refractivity contribution is -0.114. The molecule has 0 saturated heterocycles. The fourth-order valence-corrected chi connectivity index (χ4v) is 4.57. The number of benzene rings is 2. The van der Waals surface area contributed by atoms with Crippen LogP contribution in [-0.2, 0) is 20.9 Å². The number of aromatic nitrogens is 1. The van der Waals surface area contributed by atoms with E-state index in [9.17, 15) is 14.1 Å². The molecule has 0 spiro atoms. The molecule has 0 aliphatic carbocycles. The summed E-state index contributed by atoms with van der Waals surface area (Å²) in [6.45, 7) is 5.16. The maximum Gasteiger partial charge on any atom is 0.338 e. The molecule has 1 aliphatic heterocycles. The van der Waals surface area contributed by atoms with Gasteiger partial charge in [0.25, 0.3) is 11.2 Å². The molecule has 4 rings (SSSR count). The Bertz CT molecular complexity index is 1200. The molecule has 2 unspecified atom stereocenters. The summed E-state index contributed by atoms with van der Waals surface area (Å²) in [5, 5.41) is 6.12. The number of carbonyl (C=O) groups excluding carboxylic acids is 2. The molecule has 170 valence electrons. The standard InChI is InChI=1S/C23H22N4O5S/c1-14(2)32-23(29)17-7-5-9-19(13-17)27-26-15(3)20(33(27)30)21(28)25-18-8-4-6-16(12-18)22-24-10-11-31-22/h4-14,20H,1-3H3,(H,25,28). The highest BCUT2D eigenvalue weighted by molar-refractivity contribution is 7.95. The third-order valence-electron chi connectivity index (χ3n) is 4.69. The first kappa shape index (κ1) is 22.6. The van der Waals surface area contributed by atoms with Crippen molar-refractivity contribution in [2.75, 3.05) is 9.73 Å². The van der Waals surface area contributed by atoms with Gasteiger partial charge < -0.3 is 19.0 Å². The molecule has 0 bridgehead atoms. The molecular weight excluding hydrogens is 444 g/mol. The van der Waals surface area contributed by atoms with Gasteiger partial charge >= 0.3 is 5.97 Å². The zero-order chi connectivity index (χ0) is 23.5. The number of nitrogens with zero attached hydrogens (tertiary/aromatic N) is 3. The van der Waals surface area contributed by atoms with Crippen molar-refractivity contribution in [1.29, 1.82) is 0 Å². The van der Waals surface area contributed by atoms with E-state index in [0.29, 0.717) is 34.1 Å². The van der Waals surface area contributed by atoms with E-state index in [1.165, 1.54) is 16.9 Å². The van der Waals surface area contributed by atoms with Gasteiger partial charge in [0.05, 0.1) is 17.9 Å². The minimum atomic E-state index is -1.82. The predicted molar refractivity (Wildman–Crippen MR) is 125 cm³/mol. The fourth-order valence-electron chi connectivity index (χ4n) is 3.26. The number of hydrazone groups is 1. The molecule has 33 heavy (non-hydrogen) atoms. The molecule has 3 aromatic rings. The Morgan fingerprint density at radius 3 is 2.73 bits per heavy atom. The molecule has 2 aromatic carbocycles. The molecule has 1 N–H and O–H groups in total. The number of oxazole rings is 1. The lowest BCUT2D eigenvalue weighted by atomic mass is 10.2. The van der Waals surface area contributed by atoms with Gasteiger partial charge in [0.1, 0.15) is 29.0 Å². The lowest BCUT2D eigenvalue weighted by Gasteiger charge is -2.20. The van der Waals surface area contributed by atoms with E-state index in [1.54, 1.807) is 69.3 Å². The first-order chi connectivity index (χ1) is 15.8. The van der Waals surface area contributed by atoms with E-state index in [0.717, 1.165) is 0 Å². The fraction of sp³-hybridized carbons (Fsp3) is 0.217. The number of esters is 1. The number of nitrogens with one attached hydrogen (secondary N) is 1. The number of hydrogen-bond donors (Lipinski definition) is 1. The molecule has 2 heterocycles. The topological polar surface area (TPSA) is 120 Å². The summed E-state index contributed by atoms with van der Waals surface area (Å²) in [6.07, 6.45) is 2.74. The highest BCUT2D eigenvalue weighted by Crippen LogP contribution is 2.29. The molecule has 2 atom stereocenters. The van der Waals surface area contributed by atoms with E-state index >= 15 is 0 Å². The second-order valence-corrected chi connectivity index (χ2v) is 8.95. The smallest absolute Gasteiger partial charge is 0.338 e. The summed E-state index contributed by atoms with van der Waals surface area (Å²) in [7, 11) is 0. The van der Waals surface area contributed by atoms with E-state index in [4.69, 9.17) is 9.15 Å². The van der Waals surface area contributed by atoms with Crippen molar-refractivity contribution in [3.63, 3.8) is 0 Å². The molecule has 0 radical (unpaired) electrons. The Kier molecular flexibility index (Phi) is 6.47. The van der Waals surface area contributed by atoms with Gasteiger partial charge in [-0.1, -0.05) is 16.5 Å². The lowest BCUT2D eigenvalue weighted by Crippen LogP contribution is -2.41. The number of rotatable bonds is 6. The Labute approximate surface area is 193 Å². The van der Waals surface area contributed by atoms with Gasteiger partial charge in [-0.3, -0.25) is 4.79 Å². The second-order valence-electron chi connectivity index (χ2n) is 7.58. The van der Waals surface area contributed by atoms with Crippen LogP contribution in [-0.4, -0.2) is 38.5 Å². The summed E-state index contributed by atoms with van der Waals surface area (Å²) in [6, 6.07) is 13.5. The molecule has 1 amide bonds. The number of ether oxygens (including phenoxy) is 1. The van der Waals surface area contributed by atoms with Crippen molar-refractivity contribution in [3.05, 3.63) is 66.6 Å². The Balaban J connectivity index is 1.50. The number of amides is 1. The molecular formula is C23H22N4O5S. The zero-order valence-electron chi connectivity index (χ0n) is 18.2. The highest BCUT2D eigenvalue weighted by atomic mass is 32.2. The average Bonchev–Trinajstić information content (AvgIpc) is 3.42. The SMILES string of the molecule is CC1=NN(c2cccc(C(=O)OC(C)C)c2)[S+]([O-])C1C(=O)Nc1cccc(-c2ncco2)c1. The van der Waals surface area contributed by atoms with Crippen molar-refractivity contribution < 1.29 is 23.3 Å². The van der Waals surface area contributed by atoms with Crippen LogP contribution in [0, 0.1) is 0 Å². The summed E-state index contributed by atoms with van der Waals surface area (Å²) in [5.74, 6) is -0.523. The van der Waals surface area contributed by atoms with Gasteiger partial charge in [-0.2, -0.15) is 0 Å². The van der Waals surface area contributed by atoms with Crippen LogP contribution in [0.15, 0.2) is 70.5 Å². The summed E-state index contributed by atoms with van der Waals surface area (Å²) in [5.41, 5.74) is 2.33. The van der Waals surface area contributed by atoms with Crippen molar-refractivity contribution in [2.24, 2.45) is 5.10 Å². The molecule has 0 fully saturated rings. The minimum Gasteiger partial charge on any atom is -0.590 e. The molecule has 9 nitrogen and oxygen atoms in total. The van der Waals surface area contributed by atoms with Gasteiger partial charge in [-0.25, -0.2) is 9.78 Å². The molecule has 0 saturated carbocycles. The molecule has 1 aliphatic rings. The number of anilines is 2. The van der Waals surface area contributed by atoms with Gasteiger partial charge in [0.2, 0.25) is 5.89 Å². The first-order valence-corrected chi connectivity index (χ1v) is 11.4. The summed E-state index contributed by atoms with van der Waals surface area (Å²) >= 11 is -1.82. The van der Waals surface area contributed by atoms with Crippen LogP contribution in [0.5, 0.6) is 0 Å². The van der Waals surface area contributed by atoms with Crippen LogP contribution in [0.3, 0.4) is 0 Å². The van der Waals surface area contributed by atoms with E-state index in [2.05, 4.69) is 15.4 Å². The maximum atomic E-state index is 13.2. The number of hydrogen-bond acceptors (Lipinski definition) is 8.